The molecular formula is C19H24O3. The third-order valence-electron chi connectivity index (χ3n) is 3.47. The van der Waals surface area contributed by atoms with Crippen LogP contribution in [0.1, 0.15) is 38.7 Å². The molecule has 0 fully saturated rings. The summed E-state index contributed by atoms with van der Waals surface area (Å²) in [5.74, 6) is 2.61. The van der Waals surface area contributed by atoms with Gasteiger partial charge in [0.25, 0.3) is 0 Å². The lowest BCUT2D eigenvalue weighted by atomic mass is 10.0. The molecule has 1 N–H and O–H groups in total. The van der Waals surface area contributed by atoms with Crippen molar-refractivity contribution in [3.63, 3.8) is 0 Å². The zero-order valence-corrected chi connectivity index (χ0v) is 13.5. The Labute approximate surface area is 132 Å². The quantitative estimate of drug-likeness (QED) is 0.801. The van der Waals surface area contributed by atoms with E-state index in [1.807, 2.05) is 49.4 Å². The van der Waals surface area contributed by atoms with Crippen molar-refractivity contribution in [2.24, 2.45) is 0 Å². The van der Waals surface area contributed by atoms with Crippen LogP contribution in [0.2, 0.25) is 0 Å². The molecule has 0 aliphatic heterocycles. The van der Waals surface area contributed by atoms with Gasteiger partial charge in [-0.1, -0.05) is 38.1 Å². The smallest absolute Gasteiger partial charge is 0.169 e. The summed E-state index contributed by atoms with van der Waals surface area (Å²) in [6.07, 6.45) is 0.532. The molecule has 1 atom stereocenters. The molecule has 3 heteroatoms. The van der Waals surface area contributed by atoms with Gasteiger partial charge in [0, 0.05) is 13.0 Å². The summed E-state index contributed by atoms with van der Waals surface area (Å²) in [5, 5.41) is 9.02. The van der Waals surface area contributed by atoms with Crippen molar-refractivity contribution in [1.82, 2.24) is 0 Å². The summed E-state index contributed by atoms with van der Waals surface area (Å²) in [6.45, 7) is 6.35. The molecule has 2 aromatic rings. The predicted octanol–water partition coefficient (Wildman–Crippen LogP) is 4.75. The normalized spacial score (nSPS) is 12.2. The van der Waals surface area contributed by atoms with E-state index >= 15 is 0 Å². The van der Waals surface area contributed by atoms with Gasteiger partial charge >= 0.3 is 0 Å². The Kier molecular flexibility index (Phi) is 5.84. The molecule has 22 heavy (non-hydrogen) atoms. The molecule has 2 aromatic carbocycles. The van der Waals surface area contributed by atoms with Gasteiger partial charge in [-0.25, -0.2) is 0 Å². The highest BCUT2D eigenvalue weighted by Gasteiger charge is 2.12. The average molecular weight is 300 g/mol. The zero-order valence-electron chi connectivity index (χ0n) is 13.5. The number of hydrogen-bond donors (Lipinski definition) is 1. The first-order valence-corrected chi connectivity index (χ1v) is 7.74. The molecule has 0 spiro atoms. The molecule has 0 saturated heterocycles. The van der Waals surface area contributed by atoms with Gasteiger partial charge < -0.3 is 14.6 Å². The zero-order chi connectivity index (χ0) is 15.9. The van der Waals surface area contributed by atoms with Gasteiger partial charge in [0.05, 0.1) is 6.10 Å². The van der Waals surface area contributed by atoms with Crippen LogP contribution < -0.4 is 9.47 Å². The lowest BCUT2D eigenvalue weighted by molar-refractivity contribution is 0.165. The fourth-order valence-corrected chi connectivity index (χ4v) is 2.13. The number of aliphatic hydroxyl groups is 1. The van der Waals surface area contributed by atoms with Gasteiger partial charge in [0.15, 0.2) is 11.5 Å². The van der Waals surface area contributed by atoms with Gasteiger partial charge in [-0.2, -0.15) is 0 Å². The Morgan fingerprint density at radius 1 is 0.955 bits per heavy atom. The van der Waals surface area contributed by atoms with Gasteiger partial charge in [-0.3, -0.25) is 0 Å². The van der Waals surface area contributed by atoms with Crippen molar-refractivity contribution in [1.29, 1.82) is 0 Å². The highest BCUT2D eigenvalue weighted by Crippen LogP contribution is 2.35. The van der Waals surface area contributed by atoms with Crippen LogP contribution in [0.25, 0.3) is 0 Å². The molecule has 0 unspecified atom stereocenters. The summed E-state index contributed by atoms with van der Waals surface area (Å²) in [7, 11) is 0. The molecule has 0 amide bonds. The number of aliphatic hydroxyl groups excluding tert-OH is 1. The Morgan fingerprint density at radius 3 is 2.32 bits per heavy atom. The Bertz CT molecular complexity index is 578. The highest BCUT2D eigenvalue weighted by atomic mass is 16.5. The van der Waals surface area contributed by atoms with Gasteiger partial charge in [-0.05, 0) is 42.7 Å². The minimum absolute atomic E-state index is 0.0620. The Balaban J connectivity index is 2.27. The second-order valence-corrected chi connectivity index (χ2v) is 5.72. The molecule has 0 aliphatic rings. The minimum Gasteiger partial charge on any atom is -0.487 e. The van der Waals surface area contributed by atoms with Crippen LogP contribution in [0, 0.1) is 0 Å². The van der Waals surface area contributed by atoms with Gasteiger partial charge in [0.2, 0.25) is 0 Å². The first-order valence-electron chi connectivity index (χ1n) is 7.74. The molecule has 118 valence electrons. The lowest BCUT2D eigenvalue weighted by Crippen LogP contribution is -2.14. The average Bonchev–Trinajstić information content (AvgIpc) is 2.50. The third-order valence-corrected chi connectivity index (χ3v) is 3.47. The second kappa shape index (κ2) is 7.85. The Morgan fingerprint density at radius 2 is 1.68 bits per heavy atom. The molecule has 0 aliphatic carbocycles. The van der Waals surface area contributed by atoms with E-state index in [-0.39, 0.29) is 12.7 Å². The fourth-order valence-electron chi connectivity index (χ4n) is 2.13. The van der Waals surface area contributed by atoms with E-state index in [0.29, 0.717) is 23.8 Å². The first-order chi connectivity index (χ1) is 10.6. The van der Waals surface area contributed by atoms with Crippen LogP contribution in [0.15, 0.2) is 48.5 Å². The summed E-state index contributed by atoms with van der Waals surface area (Å²) in [4.78, 5) is 0. The van der Waals surface area contributed by atoms with Crippen LogP contribution in [0.5, 0.6) is 17.2 Å². The van der Waals surface area contributed by atoms with E-state index in [2.05, 4.69) is 19.9 Å². The molecule has 0 bridgehead atoms. The van der Waals surface area contributed by atoms with Crippen LogP contribution >= 0.6 is 0 Å². The van der Waals surface area contributed by atoms with Gasteiger partial charge in [0.1, 0.15) is 5.75 Å². The van der Waals surface area contributed by atoms with E-state index in [1.54, 1.807) is 0 Å². The SMILES string of the molecule is CC(C)c1ccc(O[C@H](C)CCO)c(Oc2ccccc2)c1. The summed E-state index contributed by atoms with van der Waals surface area (Å²) in [5.41, 5.74) is 1.20. The minimum atomic E-state index is -0.0620. The maximum absolute atomic E-state index is 9.02. The largest absolute Gasteiger partial charge is 0.487 e. The lowest BCUT2D eigenvalue weighted by Gasteiger charge is -2.18. The number of para-hydroxylation sites is 1. The maximum Gasteiger partial charge on any atom is 0.169 e. The van der Waals surface area contributed by atoms with E-state index < -0.39 is 0 Å². The second-order valence-electron chi connectivity index (χ2n) is 5.72. The molecule has 0 aromatic heterocycles. The summed E-state index contributed by atoms with van der Waals surface area (Å²) in [6, 6.07) is 15.7. The monoisotopic (exact) mass is 300 g/mol. The third kappa shape index (κ3) is 4.50. The van der Waals surface area contributed by atoms with Crippen molar-refractivity contribution in [2.45, 2.75) is 39.2 Å². The topological polar surface area (TPSA) is 38.7 Å². The van der Waals surface area contributed by atoms with Crippen LogP contribution in [-0.2, 0) is 0 Å². The maximum atomic E-state index is 9.02. The van der Waals surface area contributed by atoms with Crippen molar-refractivity contribution in [3.05, 3.63) is 54.1 Å². The summed E-state index contributed by atoms with van der Waals surface area (Å²) < 4.78 is 11.9. The number of ether oxygens (including phenoxy) is 2. The molecule has 0 radical (unpaired) electrons. The molecular weight excluding hydrogens is 276 g/mol. The standard InChI is InChI=1S/C19H24O3/c1-14(2)16-9-10-18(21-15(3)11-12-20)19(13-16)22-17-7-5-4-6-8-17/h4-10,13-15,20H,11-12H2,1-3H3/t15-/m1/s1. The highest BCUT2D eigenvalue weighted by molar-refractivity contribution is 5.46. The molecule has 0 heterocycles. The van der Waals surface area contributed by atoms with E-state index in [9.17, 15) is 0 Å². The summed E-state index contributed by atoms with van der Waals surface area (Å²) >= 11 is 0. The van der Waals surface area contributed by atoms with Crippen LogP contribution in [0.4, 0.5) is 0 Å². The van der Waals surface area contributed by atoms with Crippen LogP contribution in [0.3, 0.4) is 0 Å². The van der Waals surface area contributed by atoms with Crippen molar-refractivity contribution < 1.29 is 14.6 Å². The molecule has 0 saturated carbocycles. The predicted molar refractivity (Wildman–Crippen MR) is 88.8 cm³/mol. The van der Waals surface area contributed by atoms with Crippen molar-refractivity contribution in [3.8, 4) is 17.2 Å². The van der Waals surface area contributed by atoms with Crippen molar-refractivity contribution in [2.75, 3.05) is 6.61 Å². The van der Waals surface area contributed by atoms with E-state index in [0.717, 1.165) is 5.75 Å². The van der Waals surface area contributed by atoms with Crippen molar-refractivity contribution >= 4 is 0 Å². The van der Waals surface area contributed by atoms with E-state index in [4.69, 9.17) is 14.6 Å². The van der Waals surface area contributed by atoms with Gasteiger partial charge in [-0.15, -0.1) is 0 Å². The molecule has 2 rings (SSSR count). The van der Waals surface area contributed by atoms with E-state index in [1.165, 1.54) is 5.56 Å². The molecule has 3 nitrogen and oxygen atoms in total. The number of rotatable bonds is 7. The fraction of sp³-hybridized carbons (Fsp3) is 0.368. The number of benzene rings is 2. The Hall–Kier alpha value is -2.00. The van der Waals surface area contributed by atoms with Crippen LogP contribution in [-0.4, -0.2) is 17.8 Å². The number of hydrogen-bond acceptors (Lipinski definition) is 3. The first kappa shape index (κ1) is 16.4.